The molecule has 1 fully saturated rings. The number of urea groups is 1. The van der Waals surface area contributed by atoms with Crippen LogP contribution in [-0.2, 0) is 4.79 Å². The lowest BCUT2D eigenvalue weighted by Gasteiger charge is -2.00. The molecule has 0 spiro atoms. The Morgan fingerprint density at radius 3 is 2.83 bits per heavy atom. The Morgan fingerprint density at radius 2 is 2.33 bits per heavy atom. The first-order valence-electron chi connectivity index (χ1n) is 3.29. The van der Waals surface area contributed by atoms with Crippen molar-refractivity contribution in [3.8, 4) is 0 Å². The van der Waals surface area contributed by atoms with Crippen molar-refractivity contribution in [2.24, 2.45) is 0 Å². The molecule has 1 unspecified atom stereocenters. The van der Waals surface area contributed by atoms with E-state index in [2.05, 4.69) is 15.0 Å². The average Bonchev–Trinajstić information content (AvgIpc) is 2.58. The van der Waals surface area contributed by atoms with Crippen molar-refractivity contribution in [3.63, 3.8) is 0 Å². The van der Waals surface area contributed by atoms with E-state index >= 15 is 0 Å². The lowest BCUT2D eigenvalue weighted by molar-refractivity contribution is -0.120. The van der Waals surface area contributed by atoms with Crippen LogP contribution >= 0.6 is 11.5 Å². The maximum Gasteiger partial charge on any atom is 0.322 e. The third-order valence-electron chi connectivity index (χ3n) is 1.53. The van der Waals surface area contributed by atoms with Crippen LogP contribution in [0, 0.1) is 0 Å². The molecular formula is C6H5N3O2S. The van der Waals surface area contributed by atoms with Crippen molar-refractivity contribution in [2.45, 2.75) is 6.04 Å². The van der Waals surface area contributed by atoms with Gasteiger partial charge in [0.25, 0.3) is 5.91 Å². The minimum Gasteiger partial charge on any atom is -0.321 e. The molecule has 3 amide bonds. The first-order valence-corrected chi connectivity index (χ1v) is 4.12. The molecule has 62 valence electrons. The largest absolute Gasteiger partial charge is 0.322 e. The third kappa shape index (κ3) is 1.06. The maximum atomic E-state index is 11.1. The number of imide groups is 1. The molecule has 1 saturated heterocycles. The number of rotatable bonds is 1. The zero-order valence-electron chi connectivity index (χ0n) is 5.90. The summed E-state index contributed by atoms with van der Waals surface area (Å²) in [6, 6.07) is 0.641. The van der Waals surface area contributed by atoms with Gasteiger partial charge < -0.3 is 5.32 Å². The minimum atomic E-state index is -0.608. The van der Waals surface area contributed by atoms with Gasteiger partial charge >= 0.3 is 6.03 Å². The van der Waals surface area contributed by atoms with Gasteiger partial charge in [0.1, 0.15) is 0 Å². The highest BCUT2D eigenvalue weighted by molar-refractivity contribution is 7.03. The van der Waals surface area contributed by atoms with E-state index < -0.39 is 12.1 Å². The van der Waals surface area contributed by atoms with Crippen LogP contribution in [0.5, 0.6) is 0 Å². The van der Waals surface area contributed by atoms with Gasteiger partial charge in [0.15, 0.2) is 6.04 Å². The summed E-state index contributed by atoms with van der Waals surface area (Å²) in [6.07, 6.45) is 0. The van der Waals surface area contributed by atoms with Crippen LogP contribution in [0.1, 0.15) is 11.7 Å². The second-order valence-electron chi connectivity index (χ2n) is 2.32. The molecule has 1 aliphatic rings. The van der Waals surface area contributed by atoms with Gasteiger partial charge in [-0.25, -0.2) is 4.79 Å². The highest BCUT2D eigenvalue weighted by atomic mass is 32.1. The van der Waals surface area contributed by atoms with Crippen LogP contribution in [-0.4, -0.2) is 16.3 Å². The highest BCUT2D eigenvalue weighted by Gasteiger charge is 2.31. The van der Waals surface area contributed by atoms with Gasteiger partial charge in [-0.05, 0) is 17.6 Å². The quantitative estimate of drug-likeness (QED) is 0.603. The van der Waals surface area contributed by atoms with E-state index in [-0.39, 0.29) is 5.91 Å². The van der Waals surface area contributed by atoms with Crippen LogP contribution in [0.4, 0.5) is 4.79 Å². The molecule has 0 radical (unpaired) electrons. The summed E-state index contributed by atoms with van der Waals surface area (Å²) in [4.78, 5) is 21.7. The van der Waals surface area contributed by atoms with Crippen molar-refractivity contribution >= 4 is 23.5 Å². The zero-order chi connectivity index (χ0) is 8.55. The molecule has 1 aliphatic heterocycles. The fourth-order valence-electron chi connectivity index (χ4n) is 0.996. The van der Waals surface area contributed by atoms with Crippen molar-refractivity contribution in [2.75, 3.05) is 0 Å². The van der Waals surface area contributed by atoms with Crippen LogP contribution in [0.3, 0.4) is 0 Å². The summed E-state index contributed by atoms with van der Waals surface area (Å²) in [7, 11) is 0. The number of carbonyl (C=O) groups excluding carboxylic acids is 2. The topological polar surface area (TPSA) is 71.1 Å². The standard InChI is InChI=1S/C6H5N3O2S/c10-5-4(7-6(11)8-5)3-1-2-12-9-3/h1-2,4H,(H2,7,8,10,11). The Balaban J connectivity index is 2.26. The fourth-order valence-corrected chi connectivity index (χ4v) is 1.54. The third-order valence-corrected chi connectivity index (χ3v) is 2.10. The van der Waals surface area contributed by atoms with Crippen molar-refractivity contribution in [1.29, 1.82) is 0 Å². The van der Waals surface area contributed by atoms with Crippen molar-refractivity contribution in [1.82, 2.24) is 15.0 Å². The molecule has 6 heteroatoms. The molecule has 2 N–H and O–H groups in total. The Morgan fingerprint density at radius 1 is 1.50 bits per heavy atom. The van der Waals surface area contributed by atoms with Crippen molar-refractivity contribution in [3.05, 3.63) is 17.1 Å². The smallest absolute Gasteiger partial charge is 0.321 e. The van der Waals surface area contributed by atoms with Gasteiger partial charge in [-0.2, -0.15) is 4.37 Å². The van der Waals surface area contributed by atoms with E-state index in [4.69, 9.17) is 0 Å². The summed E-state index contributed by atoms with van der Waals surface area (Å²) in [6.45, 7) is 0. The zero-order valence-corrected chi connectivity index (χ0v) is 6.72. The number of hydrogen-bond acceptors (Lipinski definition) is 4. The predicted octanol–water partition coefficient (Wildman–Crippen LogP) is 0.0236. The molecule has 5 nitrogen and oxygen atoms in total. The average molecular weight is 183 g/mol. The van der Waals surface area contributed by atoms with E-state index in [9.17, 15) is 9.59 Å². The molecule has 0 aromatic carbocycles. The normalized spacial score (nSPS) is 22.2. The molecule has 1 atom stereocenters. The number of carbonyl (C=O) groups is 2. The summed E-state index contributed by atoms with van der Waals surface area (Å²) in [5, 5.41) is 6.34. The SMILES string of the molecule is O=C1NC(=O)C(c2ccsn2)N1. The van der Waals surface area contributed by atoms with E-state index in [1.54, 1.807) is 11.4 Å². The summed E-state index contributed by atoms with van der Waals surface area (Å²) in [5.74, 6) is -0.342. The van der Waals surface area contributed by atoms with Gasteiger partial charge in [-0.15, -0.1) is 0 Å². The van der Waals surface area contributed by atoms with Crippen molar-refractivity contribution < 1.29 is 9.59 Å². The van der Waals surface area contributed by atoms with Gasteiger partial charge in [-0.3, -0.25) is 10.1 Å². The van der Waals surface area contributed by atoms with Gasteiger partial charge in [0.05, 0.1) is 5.69 Å². The van der Waals surface area contributed by atoms with Crippen LogP contribution in [0.2, 0.25) is 0 Å². The molecule has 0 bridgehead atoms. The maximum absolute atomic E-state index is 11.1. The molecule has 2 rings (SSSR count). The number of amides is 3. The van der Waals surface area contributed by atoms with Crippen LogP contribution in [0.25, 0.3) is 0 Å². The highest BCUT2D eigenvalue weighted by Crippen LogP contribution is 2.15. The Hall–Kier alpha value is -1.43. The molecule has 1 aromatic rings. The Kier molecular flexibility index (Phi) is 1.54. The predicted molar refractivity (Wildman–Crippen MR) is 41.5 cm³/mol. The van der Waals surface area contributed by atoms with E-state index in [0.29, 0.717) is 5.69 Å². The molecule has 0 aliphatic carbocycles. The van der Waals surface area contributed by atoms with Gasteiger partial charge in [0.2, 0.25) is 0 Å². The number of nitrogens with zero attached hydrogens (tertiary/aromatic N) is 1. The number of nitrogens with one attached hydrogen (secondary N) is 2. The summed E-state index contributed by atoms with van der Waals surface area (Å²) in [5.41, 5.74) is 0.586. The molecule has 12 heavy (non-hydrogen) atoms. The second kappa shape index (κ2) is 2.56. The molecule has 0 saturated carbocycles. The molecule has 1 aromatic heterocycles. The fraction of sp³-hybridized carbons (Fsp3) is 0.167. The number of hydrogen-bond donors (Lipinski definition) is 2. The van der Waals surface area contributed by atoms with Crippen LogP contribution < -0.4 is 10.6 Å². The first-order chi connectivity index (χ1) is 5.77. The molecule has 2 heterocycles. The first kappa shape index (κ1) is 7.23. The summed E-state index contributed by atoms with van der Waals surface area (Å²) < 4.78 is 3.95. The summed E-state index contributed by atoms with van der Waals surface area (Å²) >= 11 is 1.25. The second-order valence-corrected chi connectivity index (χ2v) is 2.99. The van der Waals surface area contributed by atoms with E-state index in [1.807, 2.05) is 0 Å². The number of aromatic nitrogens is 1. The minimum absolute atomic E-state index is 0.342. The monoisotopic (exact) mass is 183 g/mol. The lowest BCUT2D eigenvalue weighted by atomic mass is 10.2. The van der Waals surface area contributed by atoms with E-state index in [1.165, 1.54) is 11.5 Å². The van der Waals surface area contributed by atoms with Crippen LogP contribution in [0.15, 0.2) is 11.4 Å². The van der Waals surface area contributed by atoms with E-state index in [0.717, 1.165) is 0 Å². The molecular weight excluding hydrogens is 178 g/mol. The lowest BCUT2D eigenvalue weighted by Crippen LogP contribution is -2.22. The van der Waals surface area contributed by atoms with Gasteiger partial charge in [0, 0.05) is 5.38 Å². The Bertz CT molecular complexity index is 322. The Labute approximate surface area is 71.9 Å². The van der Waals surface area contributed by atoms with Gasteiger partial charge in [-0.1, -0.05) is 0 Å².